The van der Waals surface area contributed by atoms with Crippen molar-refractivity contribution < 1.29 is 23.1 Å². The highest BCUT2D eigenvalue weighted by molar-refractivity contribution is 7.89. The van der Waals surface area contributed by atoms with Gasteiger partial charge in [-0.05, 0) is 37.1 Å². The van der Waals surface area contributed by atoms with Crippen LogP contribution in [-0.4, -0.2) is 39.8 Å². The summed E-state index contributed by atoms with van der Waals surface area (Å²) < 4.78 is 32.8. The van der Waals surface area contributed by atoms with E-state index in [-0.39, 0.29) is 10.5 Å². The number of carboxylic acid groups (broad SMARTS) is 1. The minimum absolute atomic E-state index is 0.0925. The Kier molecular flexibility index (Phi) is 7.35. The largest absolute Gasteiger partial charge is 0.478 e. The molecule has 27 heavy (non-hydrogen) atoms. The van der Waals surface area contributed by atoms with Crippen LogP contribution in [0.4, 0.5) is 5.69 Å². The standard InChI is InChI=1S/C19H24N2O5S/c1-14(15-7-4-3-5-8-15)21-27(24,25)16-9-10-18(17(13-16)19(22)23)20-11-6-12-26-2/h3-5,7-10,13-14,20-21H,6,11-12H2,1-2H3,(H,22,23)/t14-/m0/s1. The second-order valence-corrected chi connectivity index (χ2v) is 7.75. The summed E-state index contributed by atoms with van der Waals surface area (Å²) in [4.78, 5) is 11.5. The second kappa shape index (κ2) is 9.50. The molecule has 7 nitrogen and oxygen atoms in total. The van der Waals surface area contributed by atoms with E-state index in [9.17, 15) is 18.3 Å². The molecule has 2 aromatic carbocycles. The molecule has 0 bridgehead atoms. The predicted molar refractivity (Wildman–Crippen MR) is 104 cm³/mol. The normalized spacial score (nSPS) is 12.5. The Labute approximate surface area is 159 Å². The Morgan fingerprint density at radius 2 is 1.89 bits per heavy atom. The molecule has 0 aliphatic rings. The Bertz CT molecular complexity index is 869. The van der Waals surface area contributed by atoms with Crippen LogP contribution in [0.25, 0.3) is 0 Å². The topological polar surface area (TPSA) is 105 Å². The van der Waals surface area contributed by atoms with Gasteiger partial charge < -0.3 is 15.2 Å². The van der Waals surface area contributed by atoms with Crippen LogP contribution < -0.4 is 10.0 Å². The van der Waals surface area contributed by atoms with Crippen LogP contribution in [0, 0.1) is 0 Å². The molecule has 3 N–H and O–H groups in total. The minimum atomic E-state index is -3.87. The highest BCUT2D eigenvalue weighted by Crippen LogP contribution is 2.22. The van der Waals surface area contributed by atoms with E-state index in [1.807, 2.05) is 30.3 Å². The fraction of sp³-hybridized carbons (Fsp3) is 0.316. The van der Waals surface area contributed by atoms with Crippen molar-refractivity contribution in [3.63, 3.8) is 0 Å². The number of ether oxygens (including phenoxy) is 1. The summed E-state index contributed by atoms with van der Waals surface area (Å²) in [5.74, 6) is -1.20. The molecule has 0 heterocycles. The molecule has 0 aliphatic carbocycles. The number of hydrogen-bond donors (Lipinski definition) is 3. The molecule has 0 unspecified atom stereocenters. The fourth-order valence-corrected chi connectivity index (χ4v) is 3.83. The lowest BCUT2D eigenvalue weighted by Crippen LogP contribution is -2.27. The number of methoxy groups -OCH3 is 1. The molecular weight excluding hydrogens is 368 g/mol. The lowest BCUT2D eigenvalue weighted by atomic mass is 10.1. The third kappa shape index (κ3) is 5.78. The van der Waals surface area contributed by atoms with Crippen molar-refractivity contribution in [2.24, 2.45) is 0 Å². The van der Waals surface area contributed by atoms with Gasteiger partial charge in [-0.25, -0.2) is 17.9 Å². The Morgan fingerprint density at radius 1 is 1.19 bits per heavy atom. The van der Waals surface area contributed by atoms with Crippen LogP contribution in [0.3, 0.4) is 0 Å². The van der Waals surface area contributed by atoms with Crippen molar-refractivity contribution in [3.8, 4) is 0 Å². The third-order valence-electron chi connectivity index (χ3n) is 4.00. The van der Waals surface area contributed by atoms with E-state index >= 15 is 0 Å². The van der Waals surface area contributed by atoms with Crippen molar-refractivity contribution in [2.75, 3.05) is 25.6 Å². The summed E-state index contributed by atoms with van der Waals surface area (Å²) in [6.45, 7) is 2.80. The van der Waals surface area contributed by atoms with E-state index in [2.05, 4.69) is 10.0 Å². The van der Waals surface area contributed by atoms with Gasteiger partial charge in [0.25, 0.3) is 0 Å². The molecule has 8 heteroatoms. The zero-order valence-corrected chi connectivity index (χ0v) is 16.1. The molecule has 0 fully saturated rings. The maximum atomic E-state index is 12.7. The van der Waals surface area contributed by atoms with E-state index in [4.69, 9.17) is 4.74 Å². The van der Waals surface area contributed by atoms with Gasteiger partial charge >= 0.3 is 5.97 Å². The number of carbonyl (C=O) groups is 1. The number of anilines is 1. The van der Waals surface area contributed by atoms with Crippen molar-refractivity contribution >= 4 is 21.7 Å². The van der Waals surface area contributed by atoms with Gasteiger partial charge in [-0.1, -0.05) is 30.3 Å². The third-order valence-corrected chi connectivity index (χ3v) is 5.54. The monoisotopic (exact) mass is 392 g/mol. The van der Waals surface area contributed by atoms with E-state index < -0.39 is 22.0 Å². The zero-order chi connectivity index (χ0) is 19.9. The van der Waals surface area contributed by atoms with Crippen molar-refractivity contribution in [3.05, 3.63) is 59.7 Å². The first-order valence-corrected chi connectivity index (χ1v) is 10.0. The van der Waals surface area contributed by atoms with E-state index in [1.54, 1.807) is 14.0 Å². The molecule has 2 rings (SSSR count). The maximum Gasteiger partial charge on any atom is 0.337 e. The number of rotatable bonds is 10. The molecule has 0 radical (unpaired) electrons. The molecule has 0 spiro atoms. The Balaban J connectivity index is 2.21. The van der Waals surface area contributed by atoms with Crippen molar-refractivity contribution in [2.45, 2.75) is 24.3 Å². The van der Waals surface area contributed by atoms with Gasteiger partial charge in [-0.2, -0.15) is 0 Å². The van der Waals surface area contributed by atoms with Gasteiger partial charge in [0.2, 0.25) is 10.0 Å². The highest BCUT2D eigenvalue weighted by atomic mass is 32.2. The average Bonchev–Trinajstić information content (AvgIpc) is 2.65. The summed E-state index contributed by atoms with van der Waals surface area (Å²) in [5, 5.41) is 12.4. The van der Waals surface area contributed by atoms with Crippen LogP contribution in [0.1, 0.15) is 35.3 Å². The van der Waals surface area contributed by atoms with Gasteiger partial charge in [-0.15, -0.1) is 0 Å². The number of benzene rings is 2. The number of hydrogen-bond acceptors (Lipinski definition) is 5. The molecule has 0 saturated carbocycles. The molecular formula is C19H24N2O5S. The van der Waals surface area contributed by atoms with E-state index in [0.717, 1.165) is 5.56 Å². The highest BCUT2D eigenvalue weighted by Gasteiger charge is 2.21. The predicted octanol–water partition coefficient (Wildman–Crippen LogP) is 2.87. The lowest BCUT2D eigenvalue weighted by molar-refractivity contribution is 0.0697. The fourth-order valence-electron chi connectivity index (χ4n) is 2.57. The quantitative estimate of drug-likeness (QED) is 0.537. The first-order valence-electron chi connectivity index (χ1n) is 8.52. The van der Waals surface area contributed by atoms with Crippen LogP contribution in [0.2, 0.25) is 0 Å². The molecule has 146 valence electrons. The molecule has 1 atom stereocenters. The number of carboxylic acids is 1. The van der Waals surface area contributed by atoms with Crippen LogP contribution in [-0.2, 0) is 14.8 Å². The van der Waals surface area contributed by atoms with E-state index in [1.165, 1.54) is 18.2 Å². The molecule has 0 aromatic heterocycles. The minimum Gasteiger partial charge on any atom is -0.478 e. The number of nitrogens with one attached hydrogen (secondary N) is 2. The lowest BCUT2D eigenvalue weighted by Gasteiger charge is -2.16. The van der Waals surface area contributed by atoms with Gasteiger partial charge in [0.05, 0.1) is 10.5 Å². The summed E-state index contributed by atoms with van der Waals surface area (Å²) in [6, 6.07) is 12.7. The molecule has 0 saturated heterocycles. The average molecular weight is 392 g/mol. The molecule has 2 aromatic rings. The van der Waals surface area contributed by atoms with Gasteiger partial charge in [0.15, 0.2) is 0 Å². The van der Waals surface area contributed by atoms with Crippen molar-refractivity contribution in [1.29, 1.82) is 0 Å². The first kappa shape index (κ1) is 20.9. The van der Waals surface area contributed by atoms with Gasteiger partial charge in [0.1, 0.15) is 0 Å². The summed E-state index contributed by atoms with van der Waals surface area (Å²) in [5.41, 5.74) is 1.09. The zero-order valence-electron chi connectivity index (χ0n) is 15.3. The van der Waals surface area contributed by atoms with Gasteiger partial charge in [0, 0.05) is 32.0 Å². The van der Waals surface area contributed by atoms with Crippen LogP contribution >= 0.6 is 0 Å². The Hall–Kier alpha value is -2.42. The second-order valence-electron chi connectivity index (χ2n) is 6.04. The molecule has 0 amide bonds. The Morgan fingerprint density at radius 3 is 2.52 bits per heavy atom. The number of aromatic carboxylic acids is 1. The van der Waals surface area contributed by atoms with Crippen LogP contribution in [0.15, 0.2) is 53.4 Å². The first-order chi connectivity index (χ1) is 12.8. The maximum absolute atomic E-state index is 12.7. The molecule has 0 aliphatic heterocycles. The summed E-state index contributed by atoms with van der Waals surface area (Å²) >= 11 is 0. The SMILES string of the molecule is COCCCNc1ccc(S(=O)(=O)N[C@@H](C)c2ccccc2)cc1C(=O)O. The smallest absolute Gasteiger partial charge is 0.337 e. The van der Waals surface area contributed by atoms with E-state index in [0.29, 0.717) is 25.3 Å². The van der Waals surface area contributed by atoms with Crippen LogP contribution in [0.5, 0.6) is 0 Å². The summed E-state index contributed by atoms with van der Waals surface area (Å²) in [6.07, 6.45) is 0.700. The van der Waals surface area contributed by atoms with Gasteiger partial charge in [-0.3, -0.25) is 0 Å². The van der Waals surface area contributed by atoms with Crippen molar-refractivity contribution in [1.82, 2.24) is 4.72 Å². The summed E-state index contributed by atoms with van der Waals surface area (Å²) in [7, 11) is -2.28. The number of sulfonamides is 1.